The first-order chi connectivity index (χ1) is 5.70. The molecule has 0 aliphatic carbocycles. The lowest BCUT2D eigenvalue weighted by Gasteiger charge is -2.19. The molecule has 0 radical (unpaired) electrons. The summed E-state index contributed by atoms with van der Waals surface area (Å²) in [6.45, 7) is 3.47. The number of unbranched alkanes of at least 4 members (excludes halogenated alkanes) is 1. The molecule has 0 aromatic heterocycles. The molecule has 0 atom stereocenters. The summed E-state index contributed by atoms with van der Waals surface area (Å²) in [6.07, 6.45) is -0.150. The van der Waals surface area contributed by atoms with Crippen LogP contribution in [-0.2, 0) is 0 Å². The second-order valence-electron chi connectivity index (χ2n) is 2.73. The summed E-state index contributed by atoms with van der Waals surface area (Å²) in [4.78, 5) is 1.79. The van der Waals surface area contributed by atoms with Gasteiger partial charge in [0.05, 0.1) is 6.54 Å². The van der Waals surface area contributed by atoms with Gasteiger partial charge in [-0.25, -0.2) is 8.78 Å². The van der Waals surface area contributed by atoms with Crippen molar-refractivity contribution in [3.8, 4) is 0 Å². The molecule has 4 heteroatoms. The third-order valence-corrected chi connectivity index (χ3v) is 1.98. The van der Waals surface area contributed by atoms with Crippen molar-refractivity contribution in [1.82, 2.24) is 4.90 Å². The van der Waals surface area contributed by atoms with E-state index in [1.54, 1.807) is 4.90 Å². The second kappa shape index (κ2) is 7.92. The standard InChI is InChI=1S/C8H16BrF2N/c1-2-3-5-12(6-4-9)7-8(10)11/h8H,2-7H2,1H3. The van der Waals surface area contributed by atoms with Crippen LogP contribution in [0.1, 0.15) is 19.8 Å². The number of nitrogens with zero attached hydrogens (tertiary/aromatic N) is 1. The molecule has 0 aromatic carbocycles. The largest absolute Gasteiger partial charge is 0.297 e. The molecule has 0 saturated heterocycles. The van der Waals surface area contributed by atoms with Gasteiger partial charge in [-0.1, -0.05) is 29.3 Å². The molecule has 0 aliphatic heterocycles. The minimum absolute atomic E-state index is 0.0917. The molecular formula is C8H16BrF2N. The summed E-state index contributed by atoms with van der Waals surface area (Å²) >= 11 is 3.25. The molecule has 0 N–H and O–H groups in total. The third kappa shape index (κ3) is 6.98. The fourth-order valence-electron chi connectivity index (χ4n) is 0.991. The van der Waals surface area contributed by atoms with Crippen molar-refractivity contribution in [2.24, 2.45) is 0 Å². The average Bonchev–Trinajstić information content (AvgIpc) is 2.00. The molecule has 0 fully saturated rings. The first-order valence-corrected chi connectivity index (χ1v) is 5.39. The van der Waals surface area contributed by atoms with E-state index < -0.39 is 6.43 Å². The van der Waals surface area contributed by atoms with Crippen LogP contribution in [0, 0.1) is 0 Å². The van der Waals surface area contributed by atoms with Gasteiger partial charge in [0.1, 0.15) is 0 Å². The van der Waals surface area contributed by atoms with Crippen molar-refractivity contribution in [2.45, 2.75) is 26.2 Å². The fraction of sp³-hybridized carbons (Fsp3) is 1.00. The highest BCUT2D eigenvalue weighted by Crippen LogP contribution is 2.01. The number of rotatable bonds is 7. The Morgan fingerprint density at radius 3 is 2.42 bits per heavy atom. The van der Waals surface area contributed by atoms with Gasteiger partial charge in [-0.05, 0) is 13.0 Å². The Kier molecular flexibility index (Phi) is 8.12. The van der Waals surface area contributed by atoms with Gasteiger partial charge in [-0.3, -0.25) is 4.90 Å². The minimum Gasteiger partial charge on any atom is -0.297 e. The smallest absolute Gasteiger partial charge is 0.251 e. The Bertz CT molecular complexity index is 101. The molecule has 0 aromatic rings. The fourth-order valence-corrected chi connectivity index (χ4v) is 1.49. The molecule has 0 heterocycles. The van der Waals surface area contributed by atoms with Gasteiger partial charge < -0.3 is 0 Å². The summed E-state index contributed by atoms with van der Waals surface area (Å²) < 4.78 is 24.0. The predicted molar refractivity (Wildman–Crippen MR) is 51.1 cm³/mol. The van der Waals surface area contributed by atoms with Crippen LogP contribution < -0.4 is 0 Å². The summed E-state index contributed by atoms with van der Waals surface area (Å²) in [6, 6.07) is 0. The van der Waals surface area contributed by atoms with E-state index in [1.165, 1.54) is 0 Å². The summed E-state index contributed by atoms with van der Waals surface area (Å²) in [5.74, 6) is 0. The second-order valence-corrected chi connectivity index (χ2v) is 3.53. The monoisotopic (exact) mass is 243 g/mol. The lowest BCUT2D eigenvalue weighted by atomic mass is 10.3. The van der Waals surface area contributed by atoms with Crippen molar-refractivity contribution >= 4 is 15.9 Å². The van der Waals surface area contributed by atoms with E-state index in [0.29, 0.717) is 6.54 Å². The van der Waals surface area contributed by atoms with E-state index in [4.69, 9.17) is 0 Å². The highest BCUT2D eigenvalue weighted by atomic mass is 79.9. The molecule has 0 saturated carbocycles. The topological polar surface area (TPSA) is 3.24 Å². The van der Waals surface area contributed by atoms with Crippen LogP contribution in [0.25, 0.3) is 0 Å². The molecule has 0 rings (SSSR count). The third-order valence-electron chi connectivity index (χ3n) is 1.62. The molecule has 12 heavy (non-hydrogen) atoms. The van der Waals surface area contributed by atoms with Crippen LogP contribution in [0.4, 0.5) is 8.78 Å². The van der Waals surface area contributed by atoms with Crippen molar-refractivity contribution in [3.05, 3.63) is 0 Å². The molecule has 0 aliphatic rings. The van der Waals surface area contributed by atoms with Crippen molar-refractivity contribution in [1.29, 1.82) is 0 Å². The van der Waals surface area contributed by atoms with E-state index >= 15 is 0 Å². The lowest BCUT2D eigenvalue weighted by Crippen LogP contribution is -2.31. The Morgan fingerprint density at radius 2 is 2.00 bits per heavy atom. The molecule has 0 unspecified atom stereocenters. The average molecular weight is 244 g/mol. The minimum atomic E-state index is -2.21. The molecule has 0 spiro atoms. The summed E-state index contributed by atoms with van der Waals surface area (Å²) in [5, 5.41) is 0.767. The maximum Gasteiger partial charge on any atom is 0.251 e. The molecule has 1 nitrogen and oxygen atoms in total. The van der Waals surface area contributed by atoms with Gasteiger partial charge in [0.25, 0.3) is 6.43 Å². The highest BCUT2D eigenvalue weighted by Gasteiger charge is 2.09. The highest BCUT2D eigenvalue weighted by molar-refractivity contribution is 9.09. The zero-order chi connectivity index (χ0) is 9.40. The number of alkyl halides is 3. The van der Waals surface area contributed by atoms with Crippen LogP contribution in [0.15, 0.2) is 0 Å². The van der Waals surface area contributed by atoms with Gasteiger partial charge >= 0.3 is 0 Å². The molecule has 74 valence electrons. The number of hydrogen-bond donors (Lipinski definition) is 0. The zero-order valence-corrected chi connectivity index (χ0v) is 8.99. The van der Waals surface area contributed by atoms with Crippen LogP contribution in [-0.4, -0.2) is 36.3 Å². The SMILES string of the molecule is CCCCN(CCBr)CC(F)F. The van der Waals surface area contributed by atoms with E-state index in [9.17, 15) is 8.78 Å². The number of halogens is 3. The van der Waals surface area contributed by atoms with Gasteiger partial charge in [-0.15, -0.1) is 0 Å². The van der Waals surface area contributed by atoms with E-state index in [1.807, 2.05) is 0 Å². The zero-order valence-electron chi connectivity index (χ0n) is 7.40. The van der Waals surface area contributed by atoms with Gasteiger partial charge in [0, 0.05) is 11.9 Å². The maximum absolute atomic E-state index is 12.0. The van der Waals surface area contributed by atoms with E-state index in [-0.39, 0.29) is 6.54 Å². The quantitative estimate of drug-likeness (QED) is 0.622. The molecule has 0 amide bonds. The Balaban J connectivity index is 3.54. The summed E-state index contributed by atoms with van der Waals surface area (Å²) in [7, 11) is 0. The van der Waals surface area contributed by atoms with Crippen LogP contribution in [0.3, 0.4) is 0 Å². The number of hydrogen-bond acceptors (Lipinski definition) is 1. The van der Waals surface area contributed by atoms with Gasteiger partial charge in [0.2, 0.25) is 0 Å². The molecule has 0 bridgehead atoms. The Hall–Kier alpha value is 0.300. The van der Waals surface area contributed by atoms with Crippen LogP contribution in [0.2, 0.25) is 0 Å². The van der Waals surface area contributed by atoms with E-state index in [0.717, 1.165) is 24.7 Å². The van der Waals surface area contributed by atoms with Crippen LogP contribution in [0.5, 0.6) is 0 Å². The first kappa shape index (κ1) is 12.3. The predicted octanol–water partition coefficient (Wildman–Crippen LogP) is 2.75. The summed E-state index contributed by atoms with van der Waals surface area (Å²) in [5.41, 5.74) is 0. The maximum atomic E-state index is 12.0. The van der Waals surface area contributed by atoms with Crippen molar-refractivity contribution in [2.75, 3.05) is 25.0 Å². The van der Waals surface area contributed by atoms with Crippen molar-refractivity contribution in [3.63, 3.8) is 0 Å². The lowest BCUT2D eigenvalue weighted by molar-refractivity contribution is 0.0908. The van der Waals surface area contributed by atoms with Crippen molar-refractivity contribution < 1.29 is 8.78 Å². The van der Waals surface area contributed by atoms with Gasteiger partial charge in [-0.2, -0.15) is 0 Å². The van der Waals surface area contributed by atoms with Gasteiger partial charge in [0.15, 0.2) is 0 Å². The Morgan fingerprint density at radius 1 is 1.33 bits per heavy atom. The Labute approximate surface area is 81.3 Å². The van der Waals surface area contributed by atoms with Crippen LogP contribution >= 0.6 is 15.9 Å². The first-order valence-electron chi connectivity index (χ1n) is 4.27. The molecular weight excluding hydrogens is 228 g/mol. The normalized spacial score (nSPS) is 11.5. The van der Waals surface area contributed by atoms with E-state index in [2.05, 4.69) is 22.9 Å².